The number of aliphatic hydroxyl groups excluding tert-OH is 13. The molecule has 4 aliphatic heterocycles. The molecule has 62 heavy (non-hydrogen) atoms. The van der Waals surface area contributed by atoms with Crippen molar-refractivity contribution in [1.82, 2.24) is 20.3 Å². The topological polar surface area (TPSA) is 350 Å². The molecule has 372 valence electrons. The van der Waals surface area contributed by atoms with Crippen molar-refractivity contribution in [2.24, 2.45) is 0 Å². The van der Waals surface area contributed by atoms with E-state index in [0.717, 1.165) is 0 Å². The summed E-state index contributed by atoms with van der Waals surface area (Å²) in [4.78, 5) is 20.3. The molecule has 0 aromatic carbocycles. The monoisotopic (exact) mass is 915 g/mol. The Morgan fingerprint density at radius 2 is 0.629 bits per heavy atom. The Hall–Kier alpha value is -1.00. The molecule has 13 N–H and O–H groups in total. The minimum absolute atomic E-state index is 0.00269. The SMILES string of the molecule is CON(C(C)C)C1OC(CO)[C@H](O)[C@H](O)C1O.CON(C(C)C)C1OC[C@H](O)[C@@H](O)C1O.CON(C(C)C)[C@@H]1OC[C@@H](O)[C@H](O)C1O.CON(C(C)C)[C@H]1OC[C@H](O)[C@H](O)C1O. The molecule has 4 saturated heterocycles. The van der Waals surface area contributed by atoms with Gasteiger partial charge in [-0.15, -0.1) is 0 Å². The van der Waals surface area contributed by atoms with E-state index in [2.05, 4.69) is 0 Å². The van der Waals surface area contributed by atoms with Crippen molar-refractivity contribution in [1.29, 1.82) is 0 Å². The number of aliphatic hydroxyl groups is 13. The highest BCUT2D eigenvalue weighted by atomic mass is 16.7. The van der Waals surface area contributed by atoms with Gasteiger partial charge in [0, 0.05) is 24.2 Å². The fourth-order valence-electron chi connectivity index (χ4n) is 6.77. The van der Waals surface area contributed by atoms with E-state index in [1.165, 1.54) is 48.7 Å². The molecule has 4 rings (SSSR count). The summed E-state index contributed by atoms with van der Waals surface area (Å²) in [6.07, 6.45) is -18.5. The van der Waals surface area contributed by atoms with Gasteiger partial charge in [-0.2, -0.15) is 20.3 Å². The minimum Gasteiger partial charge on any atom is -0.394 e. The first kappa shape index (κ1) is 59.0. The van der Waals surface area contributed by atoms with Crippen molar-refractivity contribution in [3.05, 3.63) is 0 Å². The fraction of sp³-hybridized carbons (Fsp3) is 1.00. The average Bonchev–Trinajstić information content (AvgIpc) is 3.22. The number of nitrogens with zero attached hydrogens (tertiary/aromatic N) is 4. The van der Waals surface area contributed by atoms with Crippen LogP contribution in [-0.2, 0) is 38.3 Å². The summed E-state index contributed by atoms with van der Waals surface area (Å²) >= 11 is 0. The third-order valence-corrected chi connectivity index (χ3v) is 10.2. The summed E-state index contributed by atoms with van der Waals surface area (Å²) in [7, 11) is 5.82. The Balaban J connectivity index is 0.000000414. The van der Waals surface area contributed by atoms with Gasteiger partial charge >= 0.3 is 0 Å². The Morgan fingerprint density at radius 1 is 0.387 bits per heavy atom. The van der Waals surface area contributed by atoms with Gasteiger partial charge in [0.05, 0.1) is 54.9 Å². The molecule has 0 amide bonds. The zero-order valence-electron chi connectivity index (χ0n) is 37.8. The Bertz CT molecular complexity index is 1090. The third kappa shape index (κ3) is 15.8. The highest BCUT2D eigenvalue weighted by Crippen LogP contribution is 2.26. The van der Waals surface area contributed by atoms with Crippen molar-refractivity contribution in [3.63, 3.8) is 0 Å². The van der Waals surface area contributed by atoms with Crippen LogP contribution in [0.5, 0.6) is 0 Å². The van der Waals surface area contributed by atoms with Gasteiger partial charge in [0.2, 0.25) is 0 Å². The highest BCUT2D eigenvalue weighted by molar-refractivity contribution is 4.92. The fourth-order valence-corrected chi connectivity index (χ4v) is 6.77. The molecule has 0 bridgehead atoms. The van der Waals surface area contributed by atoms with E-state index in [1.54, 1.807) is 0 Å². The van der Waals surface area contributed by atoms with Crippen molar-refractivity contribution >= 4 is 0 Å². The third-order valence-electron chi connectivity index (χ3n) is 10.2. The maximum Gasteiger partial charge on any atom is 0.162 e. The van der Waals surface area contributed by atoms with Crippen LogP contribution in [0.3, 0.4) is 0 Å². The van der Waals surface area contributed by atoms with Gasteiger partial charge in [-0.05, 0) is 55.4 Å². The maximum absolute atomic E-state index is 9.83. The van der Waals surface area contributed by atoms with Crippen molar-refractivity contribution in [3.8, 4) is 0 Å². The smallest absolute Gasteiger partial charge is 0.162 e. The Kier molecular flexibility index (Phi) is 26.9. The van der Waals surface area contributed by atoms with Crippen LogP contribution in [0, 0.1) is 0 Å². The second-order valence-corrected chi connectivity index (χ2v) is 16.1. The van der Waals surface area contributed by atoms with Crippen LogP contribution in [0.2, 0.25) is 0 Å². The van der Waals surface area contributed by atoms with Crippen LogP contribution in [0.4, 0.5) is 0 Å². The number of ether oxygens (including phenoxy) is 4. The molecule has 0 aromatic heterocycles. The zero-order chi connectivity index (χ0) is 47.9. The predicted octanol–water partition coefficient (Wildman–Crippen LogP) is -5.85. The molecule has 17 atom stereocenters. The van der Waals surface area contributed by atoms with E-state index in [-0.39, 0.29) is 44.0 Å². The molecule has 4 aliphatic rings. The number of rotatable bonds is 13. The zero-order valence-corrected chi connectivity index (χ0v) is 37.8. The standard InChI is InChI=1S/C10H21NO6.3C9H19NO5/c1-5(2)11(16-3)10-9(15)8(14)7(13)6(4-12)17-10;3*1-5(2)10(14-3)9-8(13)7(12)6(11)4-15-9/h5-10,12-15H,4H2,1-3H3;3*5-9,11-13H,4H2,1-3H3/t6?,7-,8-,9?,10?;6-,7+,8?,9?;6-,7+,8?,9-;6-,7-,8?,9-/m0010/s1. The summed E-state index contributed by atoms with van der Waals surface area (Å²) in [5.41, 5.74) is 0. The lowest BCUT2D eigenvalue weighted by Crippen LogP contribution is -2.63. The molecule has 0 radical (unpaired) electrons. The van der Waals surface area contributed by atoms with E-state index in [0.29, 0.717) is 0 Å². The van der Waals surface area contributed by atoms with Gasteiger partial charge in [-0.3, -0.25) is 19.4 Å². The largest absolute Gasteiger partial charge is 0.394 e. The molecule has 4 fully saturated rings. The Morgan fingerprint density at radius 3 is 0.855 bits per heavy atom. The van der Waals surface area contributed by atoms with Gasteiger partial charge < -0.3 is 85.3 Å². The van der Waals surface area contributed by atoms with Gasteiger partial charge in [0.25, 0.3) is 0 Å². The number of hydrogen-bond donors (Lipinski definition) is 13. The van der Waals surface area contributed by atoms with Crippen molar-refractivity contribution in [2.75, 3.05) is 54.9 Å². The van der Waals surface area contributed by atoms with E-state index < -0.39 is 111 Å². The van der Waals surface area contributed by atoms with Gasteiger partial charge in [-0.1, -0.05) is 0 Å². The van der Waals surface area contributed by atoms with Crippen LogP contribution in [0.1, 0.15) is 55.4 Å². The molecule has 25 nitrogen and oxygen atoms in total. The molecule has 4 heterocycles. The lowest BCUT2D eigenvalue weighted by Gasteiger charge is -2.44. The van der Waals surface area contributed by atoms with E-state index in [9.17, 15) is 61.3 Å². The van der Waals surface area contributed by atoms with Gasteiger partial charge in [0.15, 0.2) is 24.9 Å². The summed E-state index contributed by atoms with van der Waals surface area (Å²) < 4.78 is 21.0. The molecule has 0 saturated carbocycles. The summed E-state index contributed by atoms with van der Waals surface area (Å²) in [5, 5.41) is 129. The lowest BCUT2D eigenvalue weighted by molar-refractivity contribution is -0.336. The van der Waals surface area contributed by atoms with Crippen LogP contribution >= 0.6 is 0 Å². The van der Waals surface area contributed by atoms with Crippen molar-refractivity contribution in [2.45, 2.75) is 184 Å². The van der Waals surface area contributed by atoms with Crippen LogP contribution in [0.25, 0.3) is 0 Å². The summed E-state index contributed by atoms with van der Waals surface area (Å²) in [6.45, 7) is 14.4. The summed E-state index contributed by atoms with van der Waals surface area (Å²) in [5.74, 6) is 0. The minimum atomic E-state index is -1.39. The molecule has 0 spiro atoms. The molecule has 0 aliphatic carbocycles. The average molecular weight is 915 g/mol. The maximum atomic E-state index is 9.83. The molecular formula is C37H78N4O21. The number of hydroxylamine groups is 8. The number of hydrogen-bond acceptors (Lipinski definition) is 25. The highest BCUT2D eigenvalue weighted by Gasteiger charge is 2.47. The lowest BCUT2D eigenvalue weighted by atomic mass is 9.98. The first-order chi connectivity index (χ1) is 28.9. The Labute approximate surface area is 363 Å². The molecule has 0 aromatic rings. The molecule has 7 unspecified atom stereocenters. The van der Waals surface area contributed by atoms with E-state index in [4.69, 9.17) is 43.4 Å². The predicted molar refractivity (Wildman–Crippen MR) is 213 cm³/mol. The van der Waals surface area contributed by atoms with E-state index >= 15 is 0 Å². The first-order valence-corrected chi connectivity index (χ1v) is 20.5. The van der Waals surface area contributed by atoms with E-state index in [1.807, 2.05) is 55.4 Å². The van der Waals surface area contributed by atoms with Crippen molar-refractivity contribution < 1.29 is 105 Å². The van der Waals surface area contributed by atoms with Crippen LogP contribution in [0.15, 0.2) is 0 Å². The quantitative estimate of drug-likeness (QED) is 0.0765. The molecular weight excluding hydrogens is 836 g/mol. The van der Waals surface area contributed by atoms with Gasteiger partial charge in [-0.25, -0.2) is 0 Å². The van der Waals surface area contributed by atoms with Crippen LogP contribution < -0.4 is 0 Å². The van der Waals surface area contributed by atoms with Gasteiger partial charge in [0.1, 0.15) is 79.4 Å². The second-order valence-electron chi connectivity index (χ2n) is 16.1. The van der Waals surface area contributed by atoms with Crippen LogP contribution in [-0.4, -0.2) is 270 Å². The second kappa shape index (κ2) is 28.2. The molecule has 25 heteroatoms. The summed E-state index contributed by atoms with van der Waals surface area (Å²) in [6, 6.07) is -0.104. The first-order valence-electron chi connectivity index (χ1n) is 20.5. The normalized spacial score (nSPS) is 38.0.